The standard InChI is InChI=1S/C15H20F3N3O4S/c1-3-21(4-2)26(24,25)12-7-5-11(6-8-12)14(23)19-9-13(22)20-10-15(16,17)18/h5-8H,3-4,9-10H2,1-2H3,(H,19,23)(H,20,22). The van der Waals surface area contributed by atoms with Gasteiger partial charge in [-0.2, -0.15) is 17.5 Å². The third-order valence-electron chi connectivity index (χ3n) is 3.36. The molecule has 0 aliphatic carbocycles. The zero-order valence-electron chi connectivity index (χ0n) is 14.3. The molecule has 0 unspecified atom stereocenters. The molecule has 1 rings (SSSR count). The lowest BCUT2D eigenvalue weighted by Gasteiger charge is -2.18. The summed E-state index contributed by atoms with van der Waals surface area (Å²) >= 11 is 0. The lowest BCUT2D eigenvalue weighted by molar-refractivity contribution is -0.137. The highest BCUT2D eigenvalue weighted by atomic mass is 32.2. The minimum absolute atomic E-state index is 0.0145. The summed E-state index contributed by atoms with van der Waals surface area (Å²) < 4.78 is 61.8. The Morgan fingerprint density at radius 2 is 1.58 bits per heavy atom. The largest absolute Gasteiger partial charge is 0.405 e. The van der Waals surface area contributed by atoms with Crippen LogP contribution in [0.2, 0.25) is 0 Å². The molecule has 0 aliphatic rings. The molecule has 26 heavy (non-hydrogen) atoms. The number of sulfonamides is 1. The Kier molecular flexibility index (Phi) is 7.57. The fraction of sp³-hybridized carbons (Fsp3) is 0.467. The molecule has 1 aromatic rings. The zero-order valence-corrected chi connectivity index (χ0v) is 15.1. The molecule has 0 saturated carbocycles. The van der Waals surface area contributed by atoms with Gasteiger partial charge in [-0.3, -0.25) is 9.59 Å². The van der Waals surface area contributed by atoms with Gasteiger partial charge in [-0.25, -0.2) is 8.42 Å². The molecule has 0 radical (unpaired) electrons. The fourth-order valence-electron chi connectivity index (χ4n) is 2.01. The van der Waals surface area contributed by atoms with Crippen LogP contribution in [-0.2, 0) is 14.8 Å². The van der Waals surface area contributed by atoms with E-state index in [1.165, 1.54) is 28.6 Å². The average Bonchev–Trinajstić information content (AvgIpc) is 2.58. The molecule has 7 nitrogen and oxygen atoms in total. The number of alkyl halides is 3. The maximum Gasteiger partial charge on any atom is 0.405 e. The van der Waals surface area contributed by atoms with Crippen LogP contribution in [0.5, 0.6) is 0 Å². The number of carbonyl (C=O) groups excluding carboxylic acids is 2. The van der Waals surface area contributed by atoms with Gasteiger partial charge in [0, 0.05) is 18.7 Å². The van der Waals surface area contributed by atoms with Crippen LogP contribution < -0.4 is 10.6 Å². The van der Waals surface area contributed by atoms with Gasteiger partial charge in [-0.1, -0.05) is 13.8 Å². The van der Waals surface area contributed by atoms with Gasteiger partial charge >= 0.3 is 6.18 Å². The summed E-state index contributed by atoms with van der Waals surface area (Å²) in [6.07, 6.45) is -4.54. The normalized spacial score (nSPS) is 12.1. The number of hydrogen-bond donors (Lipinski definition) is 2. The number of hydrogen-bond acceptors (Lipinski definition) is 4. The lowest BCUT2D eigenvalue weighted by atomic mass is 10.2. The van der Waals surface area contributed by atoms with Crippen LogP contribution in [0.3, 0.4) is 0 Å². The number of rotatable bonds is 8. The molecule has 0 aliphatic heterocycles. The van der Waals surface area contributed by atoms with Crippen molar-refractivity contribution in [1.82, 2.24) is 14.9 Å². The van der Waals surface area contributed by atoms with E-state index in [4.69, 9.17) is 0 Å². The van der Waals surface area contributed by atoms with E-state index >= 15 is 0 Å². The second kappa shape index (κ2) is 8.99. The van der Waals surface area contributed by atoms with Crippen molar-refractivity contribution in [3.63, 3.8) is 0 Å². The molecule has 0 bridgehead atoms. The van der Waals surface area contributed by atoms with Gasteiger partial charge in [0.2, 0.25) is 15.9 Å². The van der Waals surface area contributed by atoms with Crippen molar-refractivity contribution in [2.45, 2.75) is 24.9 Å². The molecule has 2 N–H and O–H groups in total. The molecular formula is C15H20F3N3O4S. The summed E-state index contributed by atoms with van der Waals surface area (Å²) in [6, 6.07) is 5.04. The molecule has 0 fully saturated rings. The van der Waals surface area contributed by atoms with E-state index in [1.807, 2.05) is 0 Å². The van der Waals surface area contributed by atoms with E-state index in [2.05, 4.69) is 5.32 Å². The van der Waals surface area contributed by atoms with Crippen molar-refractivity contribution >= 4 is 21.8 Å². The van der Waals surface area contributed by atoms with E-state index in [-0.39, 0.29) is 10.5 Å². The number of benzene rings is 1. The molecule has 0 spiro atoms. The topological polar surface area (TPSA) is 95.6 Å². The minimum Gasteiger partial charge on any atom is -0.345 e. The maximum absolute atomic E-state index is 12.3. The van der Waals surface area contributed by atoms with E-state index in [1.54, 1.807) is 19.2 Å². The maximum atomic E-state index is 12.3. The summed E-state index contributed by atoms with van der Waals surface area (Å²) in [5.74, 6) is -1.70. The number of halogens is 3. The Labute approximate surface area is 149 Å². The molecule has 0 atom stereocenters. The third-order valence-corrected chi connectivity index (χ3v) is 5.42. The first-order valence-corrected chi connectivity index (χ1v) is 9.17. The van der Waals surface area contributed by atoms with Gasteiger partial charge in [0.1, 0.15) is 6.54 Å². The molecule has 11 heteroatoms. The van der Waals surface area contributed by atoms with E-state index in [0.29, 0.717) is 13.1 Å². The first kappa shape index (κ1) is 21.9. The average molecular weight is 395 g/mol. The first-order valence-electron chi connectivity index (χ1n) is 7.73. The molecule has 1 aromatic carbocycles. The fourth-order valence-corrected chi connectivity index (χ4v) is 3.47. The highest BCUT2D eigenvalue weighted by Crippen LogP contribution is 2.16. The number of amides is 2. The van der Waals surface area contributed by atoms with Gasteiger partial charge in [0.15, 0.2) is 0 Å². The smallest absolute Gasteiger partial charge is 0.345 e. The summed E-state index contributed by atoms with van der Waals surface area (Å²) in [4.78, 5) is 23.1. The Morgan fingerprint density at radius 1 is 1.04 bits per heavy atom. The zero-order chi connectivity index (χ0) is 20.0. The van der Waals surface area contributed by atoms with E-state index in [0.717, 1.165) is 0 Å². The summed E-state index contributed by atoms with van der Waals surface area (Å²) in [5, 5.41) is 3.78. The molecular weight excluding hydrogens is 375 g/mol. The summed E-state index contributed by atoms with van der Waals surface area (Å²) in [5.41, 5.74) is 0.0760. The first-order chi connectivity index (χ1) is 12.0. The molecule has 0 saturated heterocycles. The van der Waals surface area contributed by atoms with Crippen LogP contribution in [0.25, 0.3) is 0 Å². The van der Waals surface area contributed by atoms with E-state index < -0.39 is 41.1 Å². The number of carbonyl (C=O) groups is 2. The van der Waals surface area contributed by atoms with Gasteiger partial charge in [0.25, 0.3) is 5.91 Å². The van der Waals surface area contributed by atoms with Gasteiger partial charge in [-0.15, -0.1) is 0 Å². The highest BCUT2D eigenvalue weighted by molar-refractivity contribution is 7.89. The van der Waals surface area contributed by atoms with E-state index in [9.17, 15) is 31.2 Å². The minimum atomic E-state index is -4.54. The highest BCUT2D eigenvalue weighted by Gasteiger charge is 2.27. The van der Waals surface area contributed by atoms with Crippen LogP contribution >= 0.6 is 0 Å². The van der Waals surface area contributed by atoms with Gasteiger partial charge < -0.3 is 10.6 Å². The second-order valence-electron chi connectivity index (χ2n) is 5.19. The quantitative estimate of drug-likeness (QED) is 0.690. The monoisotopic (exact) mass is 395 g/mol. The van der Waals surface area contributed by atoms with Gasteiger partial charge in [-0.05, 0) is 24.3 Å². The number of nitrogens with one attached hydrogen (secondary N) is 2. The molecule has 146 valence electrons. The van der Waals surface area contributed by atoms with Crippen LogP contribution in [0.1, 0.15) is 24.2 Å². The summed E-state index contributed by atoms with van der Waals surface area (Å²) in [6.45, 7) is 1.88. The molecule has 0 heterocycles. The van der Waals surface area contributed by atoms with Crippen LogP contribution in [-0.4, -0.2) is 56.9 Å². The Hall–Kier alpha value is -2.14. The van der Waals surface area contributed by atoms with Crippen molar-refractivity contribution < 1.29 is 31.2 Å². The summed E-state index contributed by atoms with van der Waals surface area (Å²) in [7, 11) is -3.66. The molecule has 2 amide bonds. The third kappa shape index (κ3) is 6.30. The lowest BCUT2D eigenvalue weighted by Crippen LogP contribution is -2.40. The Bertz CT molecular complexity index is 729. The van der Waals surface area contributed by atoms with Crippen molar-refractivity contribution in [1.29, 1.82) is 0 Å². The number of nitrogens with zero attached hydrogens (tertiary/aromatic N) is 1. The second-order valence-corrected chi connectivity index (χ2v) is 7.13. The van der Waals surface area contributed by atoms with Crippen LogP contribution in [0, 0.1) is 0 Å². The van der Waals surface area contributed by atoms with Crippen LogP contribution in [0.4, 0.5) is 13.2 Å². The molecule has 0 aromatic heterocycles. The van der Waals surface area contributed by atoms with Crippen molar-refractivity contribution in [3.05, 3.63) is 29.8 Å². The van der Waals surface area contributed by atoms with Crippen molar-refractivity contribution in [3.8, 4) is 0 Å². The Balaban J connectivity index is 2.68. The SMILES string of the molecule is CCN(CC)S(=O)(=O)c1ccc(C(=O)NCC(=O)NCC(F)(F)F)cc1. The Morgan fingerprint density at radius 3 is 2.04 bits per heavy atom. The van der Waals surface area contributed by atoms with Gasteiger partial charge in [0.05, 0.1) is 11.4 Å². The predicted molar refractivity (Wildman–Crippen MR) is 87.9 cm³/mol. The van der Waals surface area contributed by atoms with Crippen LogP contribution in [0.15, 0.2) is 29.2 Å². The van der Waals surface area contributed by atoms with Crippen molar-refractivity contribution in [2.24, 2.45) is 0 Å². The van der Waals surface area contributed by atoms with Crippen molar-refractivity contribution in [2.75, 3.05) is 26.2 Å². The predicted octanol–water partition coefficient (Wildman–Crippen LogP) is 1.13.